The molecule has 2 heterocycles. The van der Waals surface area contributed by atoms with E-state index in [1.807, 2.05) is 0 Å². The highest BCUT2D eigenvalue weighted by atomic mass is 32.1. The Labute approximate surface area is 101 Å². The van der Waals surface area contributed by atoms with E-state index in [9.17, 15) is 15.0 Å². The first-order valence-electron chi connectivity index (χ1n) is 5.00. The maximum absolute atomic E-state index is 10.5. The van der Waals surface area contributed by atoms with Gasteiger partial charge in [0.05, 0.1) is 18.1 Å². The molecule has 0 spiro atoms. The van der Waals surface area contributed by atoms with Crippen molar-refractivity contribution in [1.82, 2.24) is 0 Å². The van der Waals surface area contributed by atoms with Gasteiger partial charge in [-0.15, -0.1) is 11.3 Å². The molecule has 1 aliphatic rings. The summed E-state index contributed by atoms with van der Waals surface area (Å²) in [6.07, 6.45) is -3.73. The van der Waals surface area contributed by atoms with Crippen molar-refractivity contribution < 1.29 is 29.6 Å². The average molecular weight is 260 g/mol. The van der Waals surface area contributed by atoms with Gasteiger partial charge in [-0.05, 0) is 17.0 Å². The van der Waals surface area contributed by atoms with Gasteiger partial charge in [-0.1, -0.05) is 0 Å². The van der Waals surface area contributed by atoms with Gasteiger partial charge in [0.2, 0.25) is 0 Å². The maximum atomic E-state index is 10.5. The number of ether oxygens (including phenoxy) is 2. The summed E-state index contributed by atoms with van der Waals surface area (Å²) in [5.74, 6) is -1.46. The molecule has 0 bridgehead atoms. The molecule has 2 rings (SSSR count). The lowest BCUT2D eigenvalue weighted by Crippen LogP contribution is -2.27. The van der Waals surface area contributed by atoms with E-state index in [4.69, 9.17) is 14.6 Å². The zero-order valence-electron chi connectivity index (χ0n) is 8.78. The van der Waals surface area contributed by atoms with Gasteiger partial charge in [0, 0.05) is 0 Å². The van der Waals surface area contributed by atoms with Gasteiger partial charge in [-0.3, -0.25) is 0 Å². The molecule has 7 heteroatoms. The topological polar surface area (TPSA) is 96.2 Å². The zero-order chi connectivity index (χ0) is 12.4. The second-order valence-corrected chi connectivity index (χ2v) is 4.53. The Kier molecular flexibility index (Phi) is 3.75. The molecule has 0 aromatic carbocycles. The van der Waals surface area contributed by atoms with Gasteiger partial charge in [-0.25, -0.2) is 4.79 Å². The predicted molar refractivity (Wildman–Crippen MR) is 57.6 cm³/mol. The van der Waals surface area contributed by atoms with Crippen LogP contribution in [0.4, 0.5) is 0 Å². The van der Waals surface area contributed by atoms with Crippen LogP contribution in [-0.4, -0.2) is 40.6 Å². The Morgan fingerprint density at radius 1 is 1.41 bits per heavy atom. The lowest BCUT2D eigenvalue weighted by atomic mass is 10.1. The minimum absolute atomic E-state index is 0.346. The highest BCUT2D eigenvalue weighted by Gasteiger charge is 2.28. The van der Waals surface area contributed by atoms with Crippen LogP contribution in [0.5, 0.6) is 0 Å². The third-order valence-electron chi connectivity index (χ3n) is 2.39. The summed E-state index contributed by atoms with van der Waals surface area (Å²) < 4.78 is 10.5. The standard InChI is InChI=1S/C10H12O6S/c11-7(8(12)9(13)14)5-3-6(17-4-5)10-15-1-2-16-10/h3-4,7-8,10-12H,1-2H2,(H,13,14). The number of aliphatic hydroxyl groups is 2. The average Bonchev–Trinajstić information content (AvgIpc) is 2.96. The van der Waals surface area contributed by atoms with Crippen LogP contribution in [0.15, 0.2) is 11.4 Å². The second kappa shape index (κ2) is 5.11. The van der Waals surface area contributed by atoms with Crippen molar-refractivity contribution in [2.24, 2.45) is 0 Å². The third-order valence-corrected chi connectivity index (χ3v) is 3.36. The molecular weight excluding hydrogens is 248 g/mol. The number of aliphatic hydroxyl groups excluding tert-OH is 2. The molecular formula is C10H12O6S. The fourth-order valence-electron chi connectivity index (χ4n) is 1.49. The summed E-state index contributed by atoms with van der Waals surface area (Å²) in [6.45, 7) is 1.02. The molecule has 0 aliphatic carbocycles. The number of carboxylic acid groups (broad SMARTS) is 1. The van der Waals surface area contributed by atoms with Crippen LogP contribution in [-0.2, 0) is 14.3 Å². The Morgan fingerprint density at radius 3 is 2.65 bits per heavy atom. The number of thiophene rings is 1. The van der Waals surface area contributed by atoms with Crippen LogP contribution in [0.25, 0.3) is 0 Å². The highest BCUT2D eigenvalue weighted by Crippen LogP contribution is 2.31. The van der Waals surface area contributed by atoms with E-state index in [0.29, 0.717) is 18.8 Å². The Balaban J connectivity index is 2.09. The minimum Gasteiger partial charge on any atom is -0.479 e. The molecule has 1 fully saturated rings. The van der Waals surface area contributed by atoms with E-state index in [-0.39, 0.29) is 0 Å². The van der Waals surface area contributed by atoms with Crippen LogP contribution in [0, 0.1) is 0 Å². The predicted octanol–water partition coefficient (Wildman–Crippen LogP) is 0.272. The summed E-state index contributed by atoms with van der Waals surface area (Å²) in [4.78, 5) is 11.3. The fourth-order valence-corrected chi connectivity index (χ4v) is 2.42. The molecule has 2 unspecified atom stereocenters. The smallest absolute Gasteiger partial charge is 0.335 e. The molecule has 3 N–H and O–H groups in total. The minimum atomic E-state index is -1.83. The number of carboxylic acids is 1. The van der Waals surface area contributed by atoms with Crippen molar-refractivity contribution in [1.29, 1.82) is 0 Å². The van der Waals surface area contributed by atoms with Crippen molar-refractivity contribution in [3.63, 3.8) is 0 Å². The van der Waals surface area contributed by atoms with Crippen LogP contribution < -0.4 is 0 Å². The van der Waals surface area contributed by atoms with Crippen molar-refractivity contribution in [2.75, 3.05) is 13.2 Å². The SMILES string of the molecule is O=C(O)C(O)C(O)c1csc(C2OCCO2)c1. The second-order valence-electron chi connectivity index (χ2n) is 3.58. The monoisotopic (exact) mass is 260 g/mol. The summed E-state index contributed by atoms with van der Waals surface area (Å²) in [6, 6.07) is 1.58. The van der Waals surface area contributed by atoms with Gasteiger partial charge in [-0.2, -0.15) is 0 Å². The van der Waals surface area contributed by atoms with Gasteiger partial charge >= 0.3 is 5.97 Å². The van der Waals surface area contributed by atoms with Crippen LogP contribution in [0.1, 0.15) is 22.8 Å². The van der Waals surface area contributed by atoms with E-state index < -0.39 is 24.5 Å². The van der Waals surface area contributed by atoms with Crippen molar-refractivity contribution in [3.8, 4) is 0 Å². The first-order chi connectivity index (χ1) is 8.09. The number of hydrogen-bond acceptors (Lipinski definition) is 6. The van der Waals surface area contributed by atoms with Crippen LogP contribution in [0.3, 0.4) is 0 Å². The van der Waals surface area contributed by atoms with E-state index in [1.54, 1.807) is 11.4 Å². The molecule has 1 aliphatic heterocycles. The Morgan fingerprint density at radius 2 is 2.06 bits per heavy atom. The molecule has 17 heavy (non-hydrogen) atoms. The number of rotatable bonds is 4. The van der Waals surface area contributed by atoms with Gasteiger partial charge in [0.1, 0.15) is 6.10 Å². The van der Waals surface area contributed by atoms with E-state index in [0.717, 1.165) is 4.88 Å². The zero-order valence-corrected chi connectivity index (χ0v) is 9.59. The maximum Gasteiger partial charge on any atom is 0.335 e. The molecule has 1 aromatic rings. The van der Waals surface area contributed by atoms with Crippen LogP contribution in [0.2, 0.25) is 0 Å². The summed E-state index contributed by atoms with van der Waals surface area (Å²) >= 11 is 1.29. The molecule has 1 aromatic heterocycles. The van der Waals surface area contributed by atoms with Gasteiger partial charge < -0.3 is 24.8 Å². The fraction of sp³-hybridized carbons (Fsp3) is 0.500. The molecule has 6 nitrogen and oxygen atoms in total. The van der Waals surface area contributed by atoms with E-state index in [1.165, 1.54) is 11.3 Å². The van der Waals surface area contributed by atoms with Crippen molar-refractivity contribution in [3.05, 3.63) is 21.9 Å². The molecule has 0 amide bonds. The van der Waals surface area contributed by atoms with E-state index in [2.05, 4.69) is 0 Å². The molecule has 0 saturated carbocycles. The number of carbonyl (C=O) groups is 1. The summed E-state index contributed by atoms with van der Waals surface area (Å²) in [7, 11) is 0. The molecule has 0 radical (unpaired) electrons. The number of aliphatic carboxylic acids is 1. The lowest BCUT2D eigenvalue weighted by Gasteiger charge is -2.12. The normalized spacial score (nSPS) is 20.4. The van der Waals surface area contributed by atoms with E-state index >= 15 is 0 Å². The van der Waals surface area contributed by atoms with Crippen LogP contribution >= 0.6 is 11.3 Å². The number of hydrogen-bond donors (Lipinski definition) is 3. The summed E-state index contributed by atoms with van der Waals surface area (Å²) in [5.41, 5.74) is 0.346. The first kappa shape index (κ1) is 12.5. The molecule has 1 saturated heterocycles. The molecule has 94 valence electrons. The Hall–Kier alpha value is -0.990. The van der Waals surface area contributed by atoms with Gasteiger partial charge in [0.25, 0.3) is 0 Å². The first-order valence-corrected chi connectivity index (χ1v) is 5.88. The van der Waals surface area contributed by atoms with Gasteiger partial charge in [0.15, 0.2) is 12.4 Å². The molecule has 2 atom stereocenters. The summed E-state index contributed by atoms with van der Waals surface area (Å²) in [5, 5.41) is 29.0. The third kappa shape index (κ3) is 2.64. The quantitative estimate of drug-likeness (QED) is 0.719. The lowest BCUT2D eigenvalue weighted by molar-refractivity contribution is -0.153. The largest absolute Gasteiger partial charge is 0.479 e. The van der Waals surface area contributed by atoms with Crippen molar-refractivity contribution in [2.45, 2.75) is 18.5 Å². The highest BCUT2D eigenvalue weighted by molar-refractivity contribution is 7.10. The Bertz CT molecular complexity index is 397. The van der Waals surface area contributed by atoms with Crippen molar-refractivity contribution >= 4 is 17.3 Å².